The number of nitrogens with zero attached hydrogens (tertiary/aromatic N) is 1. The highest BCUT2D eigenvalue weighted by Gasteiger charge is 2.40. The summed E-state index contributed by atoms with van der Waals surface area (Å²) in [4.78, 5) is 14.9. The summed E-state index contributed by atoms with van der Waals surface area (Å²) >= 11 is 0. The fraction of sp³-hybridized carbons (Fsp3) is 0.370. The summed E-state index contributed by atoms with van der Waals surface area (Å²) in [7, 11) is 3.27. The smallest absolute Gasteiger partial charge is 0.241 e. The number of amides is 1. The molecular formula is C27H32N2O5. The summed E-state index contributed by atoms with van der Waals surface area (Å²) in [6, 6.07) is 19.8. The lowest BCUT2D eigenvalue weighted by molar-refractivity contribution is -0.120. The van der Waals surface area contributed by atoms with Gasteiger partial charge >= 0.3 is 0 Å². The van der Waals surface area contributed by atoms with Gasteiger partial charge < -0.3 is 29.2 Å². The molecule has 0 aromatic heterocycles. The van der Waals surface area contributed by atoms with Crippen molar-refractivity contribution >= 4 is 22.4 Å². The van der Waals surface area contributed by atoms with E-state index in [1.54, 1.807) is 14.2 Å². The standard InChI is InChI=1S/C27H32N2O5/c1-27(19-34-23-11-9-20-7-4-5-8-21(20)15-23)18-28-17-26(30)29(27)22-10-12-24(32-3)25(16-22)33-14-6-13-31-2/h4-5,7-12,15-16,28H,6,13-14,17-19H2,1-3H3/t27-/m0/s1. The number of hydrogen-bond donors (Lipinski definition) is 1. The molecule has 1 N–H and O–H groups in total. The van der Waals surface area contributed by atoms with Gasteiger partial charge in [-0.15, -0.1) is 0 Å². The number of anilines is 1. The van der Waals surface area contributed by atoms with Crippen LogP contribution in [0, 0.1) is 0 Å². The molecule has 1 fully saturated rings. The minimum absolute atomic E-state index is 0.0219. The molecule has 0 spiro atoms. The number of hydrogen-bond acceptors (Lipinski definition) is 6. The van der Waals surface area contributed by atoms with Gasteiger partial charge in [-0.25, -0.2) is 0 Å². The van der Waals surface area contributed by atoms with E-state index in [1.807, 2.05) is 60.4 Å². The second-order valence-corrected chi connectivity index (χ2v) is 8.66. The van der Waals surface area contributed by atoms with Crippen molar-refractivity contribution in [2.24, 2.45) is 0 Å². The van der Waals surface area contributed by atoms with Crippen molar-refractivity contribution in [3.05, 3.63) is 60.7 Å². The van der Waals surface area contributed by atoms with Gasteiger partial charge in [0.05, 0.1) is 25.8 Å². The van der Waals surface area contributed by atoms with Gasteiger partial charge in [-0.3, -0.25) is 4.79 Å². The second-order valence-electron chi connectivity index (χ2n) is 8.66. The molecule has 7 heteroatoms. The Morgan fingerprint density at radius 3 is 2.56 bits per heavy atom. The zero-order valence-corrected chi connectivity index (χ0v) is 20.0. The topological polar surface area (TPSA) is 69.3 Å². The Balaban J connectivity index is 1.56. The molecule has 0 aliphatic carbocycles. The molecule has 0 bridgehead atoms. The Morgan fingerprint density at radius 2 is 1.76 bits per heavy atom. The number of methoxy groups -OCH3 is 2. The minimum atomic E-state index is -0.594. The van der Waals surface area contributed by atoms with Gasteiger partial charge in [0, 0.05) is 38.4 Å². The molecule has 4 rings (SSSR count). The first-order chi connectivity index (χ1) is 16.5. The molecule has 3 aromatic rings. The van der Waals surface area contributed by atoms with Crippen LogP contribution in [0.3, 0.4) is 0 Å². The van der Waals surface area contributed by atoms with E-state index in [0.29, 0.717) is 37.9 Å². The van der Waals surface area contributed by atoms with Gasteiger partial charge in [0.15, 0.2) is 11.5 Å². The first-order valence-electron chi connectivity index (χ1n) is 11.5. The number of rotatable bonds is 10. The molecule has 1 heterocycles. The lowest BCUT2D eigenvalue weighted by Gasteiger charge is -2.44. The lowest BCUT2D eigenvalue weighted by Crippen LogP contribution is -2.65. The summed E-state index contributed by atoms with van der Waals surface area (Å²) in [5, 5.41) is 5.51. The van der Waals surface area contributed by atoms with Crippen LogP contribution in [0.5, 0.6) is 17.2 Å². The van der Waals surface area contributed by atoms with E-state index in [0.717, 1.165) is 28.6 Å². The van der Waals surface area contributed by atoms with Crippen LogP contribution >= 0.6 is 0 Å². The third kappa shape index (κ3) is 5.26. The predicted octanol–water partition coefficient (Wildman–Crippen LogP) is 4.04. The molecule has 1 atom stereocenters. The van der Waals surface area contributed by atoms with Crippen LogP contribution in [0.25, 0.3) is 10.8 Å². The van der Waals surface area contributed by atoms with Crippen LogP contribution in [0.15, 0.2) is 60.7 Å². The average Bonchev–Trinajstić information content (AvgIpc) is 2.85. The highest BCUT2D eigenvalue weighted by molar-refractivity contribution is 5.97. The molecule has 180 valence electrons. The number of carbonyl (C=O) groups excluding carboxylic acids is 1. The van der Waals surface area contributed by atoms with Gasteiger partial charge in [0.25, 0.3) is 0 Å². The summed E-state index contributed by atoms with van der Waals surface area (Å²) in [5.74, 6) is 1.97. The van der Waals surface area contributed by atoms with Crippen LogP contribution in [-0.2, 0) is 9.53 Å². The van der Waals surface area contributed by atoms with Crippen LogP contribution in [0.4, 0.5) is 5.69 Å². The van der Waals surface area contributed by atoms with Crippen LogP contribution in [0.1, 0.15) is 13.3 Å². The SMILES string of the molecule is COCCCOc1cc(N2C(=O)CNC[C@@]2(C)COc2ccc3ccccc3c2)ccc1OC. The zero-order chi connectivity index (χ0) is 24.0. The van der Waals surface area contributed by atoms with Crippen molar-refractivity contribution < 1.29 is 23.7 Å². The monoisotopic (exact) mass is 464 g/mol. The number of nitrogens with one attached hydrogen (secondary N) is 1. The van der Waals surface area contributed by atoms with Crippen LogP contribution < -0.4 is 24.4 Å². The minimum Gasteiger partial charge on any atom is -0.493 e. The quantitative estimate of drug-likeness (QED) is 0.457. The summed E-state index contributed by atoms with van der Waals surface area (Å²) in [5.41, 5.74) is 0.154. The van der Waals surface area contributed by atoms with E-state index in [4.69, 9.17) is 18.9 Å². The largest absolute Gasteiger partial charge is 0.493 e. The van der Waals surface area contributed by atoms with Gasteiger partial charge in [-0.2, -0.15) is 0 Å². The molecular weight excluding hydrogens is 432 g/mol. The van der Waals surface area contributed by atoms with E-state index in [9.17, 15) is 4.79 Å². The summed E-state index contributed by atoms with van der Waals surface area (Å²) in [6.07, 6.45) is 0.758. The molecule has 0 unspecified atom stereocenters. The molecule has 0 saturated carbocycles. The number of carbonyl (C=O) groups is 1. The molecule has 1 aliphatic rings. The average molecular weight is 465 g/mol. The third-order valence-electron chi connectivity index (χ3n) is 6.00. The first kappa shape index (κ1) is 23.9. The number of piperazine rings is 1. The maximum absolute atomic E-state index is 13.1. The van der Waals surface area contributed by atoms with Crippen LogP contribution in [0.2, 0.25) is 0 Å². The molecule has 1 amide bonds. The van der Waals surface area contributed by atoms with E-state index >= 15 is 0 Å². The van der Waals surface area contributed by atoms with Gasteiger partial charge in [-0.1, -0.05) is 30.3 Å². The maximum atomic E-state index is 13.1. The van der Waals surface area contributed by atoms with E-state index in [-0.39, 0.29) is 12.5 Å². The summed E-state index contributed by atoms with van der Waals surface area (Å²) in [6.45, 7) is 4.33. The molecule has 34 heavy (non-hydrogen) atoms. The first-order valence-corrected chi connectivity index (χ1v) is 11.5. The number of ether oxygens (including phenoxy) is 4. The molecule has 3 aromatic carbocycles. The highest BCUT2D eigenvalue weighted by Crippen LogP contribution is 2.36. The molecule has 0 radical (unpaired) electrons. The van der Waals surface area contributed by atoms with Crippen molar-refractivity contribution in [2.75, 3.05) is 52.0 Å². The Kier molecular flexibility index (Phi) is 7.55. The van der Waals surface area contributed by atoms with Gasteiger partial charge in [0.2, 0.25) is 5.91 Å². The summed E-state index contributed by atoms with van der Waals surface area (Å²) < 4.78 is 22.7. The fourth-order valence-electron chi connectivity index (χ4n) is 4.27. The van der Waals surface area contributed by atoms with Gasteiger partial charge in [0.1, 0.15) is 12.4 Å². The third-order valence-corrected chi connectivity index (χ3v) is 6.00. The molecule has 1 saturated heterocycles. The van der Waals surface area contributed by atoms with Crippen molar-refractivity contribution in [3.8, 4) is 17.2 Å². The maximum Gasteiger partial charge on any atom is 0.241 e. The predicted molar refractivity (Wildman–Crippen MR) is 133 cm³/mol. The Morgan fingerprint density at radius 1 is 0.941 bits per heavy atom. The van der Waals surface area contributed by atoms with E-state index in [1.165, 1.54) is 0 Å². The molecule has 1 aliphatic heterocycles. The van der Waals surface area contributed by atoms with Gasteiger partial charge in [-0.05, 0) is 42.0 Å². The lowest BCUT2D eigenvalue weighted by atomic mass is 9.96. The van der Waals surface area contributed by atoms with Crippen molar-refractivity contribution in [1.82, 2.24) is 5.32 Å². The van der Waals surface area contributed by atoms with E-state index in [2.05, 4.69) is 17.4 Å². The highest BCUT2D eigenvalue weighted by atomic mass is 16.5. The Labute approximate surface area is 200 Å². The molecule has 7 nitrogen and oxygen atoms in total. The number of benzene rings is 3. The Hall–Kier alpha value is -3.29. The zero-order valence-electron chi connectivity index (χ0n) is 20.0. The van der Waals surface area contributed by atoms with Crippen LogP contribution in [-0.4, -0.2) is 58.6 Å². The fourth-order valence-corrected chi connectivity index (χ4v) is 4.27. The normalized spacial score (nSPS) is 18.2. The van der Waals surface area contributed by atoms with Crippen molar-refractivity contribution in [1.29, 1.82) is 0 Å². The Bertz CT molecular complexity index is 1130. The second kappa shape index (κ2) is 10.8. The number of fused-ring (bicyclic) bond motifs is 1. The van der Waals surface area contributed by atoms with E-state index < -0.39 is 5.54 Å². The van der Waals surface area contributed by atoms with Crippen molar-refractivity contribution in [2.45, 2.75) is 18.9 Å². The van der Waals surface area contributed by atoms with Crippen molar-refractivity contribution in [3.63, 3.8) is 0 Å².